The van der Waals surface area contributed by atoms with E-state index in [9.17, 15) is 4.79 Å². The fraction of sp³-hybridized carbons (Fsp3) is 0.462. The molecule has 5 heteroatoms. The van der Waals surface area contributed by atoms with Gasteiger partial charge < -0.3 is 15.0 Å². The molecule has 1 aromatic rings. The van der Waals surface area contributed by atoms with Crippen LogP contribution in [0.5, 0.6) is 5.75 Å². The van der Waals surface area contributed by atoms with Gasteiger partial charge in [-0.05, 0) is 18.2 Å². The molecule has 2 atom stereocenters. The molecule has 0 aliphatic carbocycles. The van der Waals surface area contributed by atoms with Crippen molar-refractivity contribution in [1.29, 1.82) is 0 Å². The fourth-order valence-corrected chi connectivity index (χ4v) is 2.88. The van der Waals surface area contributed by atoms with E-state index < -0.39 is 11.8 Å². The van der Waals surface area contributed by atoms with E-state index in [-0.39, 0.29) is 5.91 Å². The number of nitrogens with one attached hydrogen (secondary N) is 1. The molecular weight excluding hydrogens is 235 g/mol. The predicted octanol–water partition coefficient (Wildman–Crippen LogP) is 1.86. The summed E-state index contributed by atoms with van der Waals surface area (Å²) in [5.41, 5.74) is -0.167. The maximum Gasteiger partial charge on any atom is 0.221 e. The molecule has 0 radical (unpaired) electrons. The van der Waals surface area contributed by atoms with Gasteiger partial charge in [0.1, 0.15) is 11.9 Å². The Morgan fingerprint density at radius 3 is 3.06 bits per heavy atom. The van der Waals surface area contributed by atoms with Gasteiger partial charge in [0.15, 0.2) is 5.67 Å². The van der Waals surface area contributed by atoms with Crippen molar-refractivity contribution in [1.82, 2.24) is 4.90 Å². The second-order valence-corrected chi connectivity index (χ2v) is 4.78. The van der Waals surface area contributed by atoms with Gasteiger partial charge in [-0.25, -0.2) is 4.39 Å². The largest absolute Gasteiger partial charge is 0.497 e. The van der Waals surface area contributed by atoms with E-state index in [4.69, 9.17) is 4.74 Å². The van der Waals surface area contributed by atoms with E-state index in [2.05, 4.69) is 5.32 Å². The lowest BCUT2D eigenvalue weighted by Gasteiger charge is -2.25. The van der Waals surface area contributed by atoms with Gasteiger partial charge in [-0.3, -0.25) is 4.79 Å². The number of fused-ring (bicyclic) bond motifs is 3. The number of methoxy groups -OCH3 is 1. The van der Waals surface area contributed by atoms with Crippen LogP contribution in [0.15, 0.2) is 18.2 Å². The van der Waals surface area contributed by atoms with Crippen LogP contribution in [0, 0.1) is 0 Å². The van der Waals surface area contributed by atoms with Crippen molar-refractivity contribution in [3.63, 3.8) is 0 Å². The first-order valence-corrected chi connectivity index (χ1v) is 5.97. The molecule has 18 heavy (non-hydrogen) atoms. The quantitative estimate of drug-likeness (QED) is 0.827. The van der Waals surface area contributed by atoms with Crippen molar-refractivity contribution in [3.05, 3.63) is 23.8 Å². The molecule has 1 aromatic carbocycles. The number of carbonyl (C=O) groups is 1. The second kappa shape index (κ2) is 3.60. The number of hydrogen-bond donors (Lipinski definition) is 1. The Bertz CT molecular complexity index is 520. The van der Waals surface area contributed by atoms with Gasteiger partial charge in [0.05, 0.1) is 7.11 Å². The number of ether oxygens (including phenoxy) is 1. The van der Waals surface area contributed by atoms with Gasteiger partial charge in [-0.1, -0.05) is 0 Å². The van der Waals surface area contributed by atoms with Crippen LogP contribution in [0.25, 0.3) is 0 Å². The lowest BCUT2D eigenvalue weighted by Crippen LogP contribution is -2.43. The average Bonchev–Trinajstić information content (AvgIpc) is 2.81. The van der Waals surface area contributed by atoms with Crippen LogP contribution in [0.2, 0.25) is 0 Å². The Morgan fingerprint density at radius 2 is 2.39 bits per heavy atom. The lowest BCUT2D eigenvalue weighted by molar-refractivity contribution is -0.130. The summed E-state index contributed by atoms with van der Waals surface area (Å²) in [6.07, 6.45) is -0.262. The zero-order valence-corrected chi connectivity index (χ0v) is 10.4. The zero-order chi connectivity index (χ0) is 12.9. The van der Waals surface area contributed by atoms with Crippen LogP contribution in [-0.4, -0.2) is 30.6 Å². The number of carbonyl (C=O) groups excluding carboxylic acids is 1. The molecule has 1 saturated heterocycles. The fourth-order valence-electron chi connectivity index (χ4n) is 2.88. The average molecular weight is 250 g/mol. The van der Waals surface area contributed by atoms with Gasteiger partial charge in [-0.2, -0.15) is 0 Å². The Kier molecular flexibility index (Phi) is 2.27. The smallest absolute Gasteiger partial charge is 0.221 e. The molecule has 1 fully saturated rings. The molecule has 0 bridgehead atoms. The van der Waals surface area contributed by atoms with Crippen LogP contribution in [0.1, 0.15) is 18.9 Å². The predicted molar refractivity (Wildman–Crippen MR) is 65.2 cm³/mol. The van der Waals surface area contributed by atoms with E-state index in [1.165, 1.54) is 6.92 Å². The monoisotopic (exact) mass is 250 g/mol. The summed E-state index contributed by atoms with van der Waals surface area (Å²) in [6, 6.07) is 5.30. The molecule has 2 heterocycles. The molecule has 1 amide bonds. The van der Waals surface area contributed by atoms with Gasteiger partial charge in [0.25, 0.3) is 0 Å². The van der Waals surface area contributed by atoms with Crippen LogP contribution in [0.3, 0.4) is 0 Å². The minimum Gasteiger partial charge on any atom is -0.497 e. The van der Waals surface area contributed by atoms with E-state index in [1.54, 1.807) is 30.2 Å². The molecule has 1 N–H and O–H groups in total. The first-order chi connectivity index (χ1) is 8.56. The van der Waals surface area contributed by atoms with Crippen LogP contribution >= 0.6 is 0 Å². The summed E-state index contributed by atoms with van der Waals surface area (Å²) >= 11 is 0. The summed E-state index contributed by atoms with van der Waals surface area (Å²) in [7, 11) is 1.56. The number of rotatable bonds is 1. The number of alkyl halides is 1. The SMILES string of the molecule is COc1ccc2c(c1)C1(F)CCN(C(C)=O)C1N2. The number of halogens is 1. The minimum atomic E-state index is -1.50. The van der Waals surface area contributed by atoms with E-state index >= 15 is 4.39 Å². The highest BCUT2D eigenvalue weighted by molar-refractivity contribution is 5.76. The highest BCUT2D eigenvalue weighted by atomic mass is 19.1. The van der Waals surface area contributed by atoms with E-state index in [0.717, 1.165) is 5.69 Å². The molecule has 2 unspecified atom stereocenters. The van der Waals surface area contributed by atoms with Crippen LogP contribution < -0.4 is 10.1 Å². The molecule has 2 aliphatic rings. The Balaban J connectivity index is 2.04. The summed E-state index contributed by atoms with van der Waals surface area (Å²) in [5.74, 6) is 0.529. The van der Waals surface area contributed by atoms with Gasteiger partial charge in [-0.15, -0.1) is 0 Å². The summed E-state index contributed by atoms with van der Waals surface area (Å²) in [5, 5.41) is 3.09. The molecule has 0 spiro atoms. The normalized spacial score (nSPS) is 28.6. The van der Waals surface area contributed by atoms with Gasteiger partial charge in [0, 0.05) is 31.1 Å². The maximum absolute atomic E-state index is 15.1. The van der Waals surface area contributed by atoms with Crippen molar-refractivity contribution in [2.45, 2.75) is 25.2 Å². The van der Waals surface area contributed by atoms with Crippen molar-refractivity contribution in [2.24, 2.45) is 0 Å². The summed E-state index contributed by atoms with van der Waals surface area (Å²) < 4.78 is 20.2. The standard InChI is InChI=1S/C13H15FN2O2/c1-8(17)16-6-5-13(14)10-7-9(18-2)3-4-11(10)15-12(13)16/h3-4,7,12,15H,5-6H2,1-2H3. The highest BCUT2D eigenvalue weighted by Crippen LogP contribution is 2.50. The second-order valence-electron chi connectivity index (χ2n) is 4.78. The zero-order valence-electron chi connectivity index (χ0n) is 10.4. The number of nitrogens with zero attached hydrogens (tertiary/aromatic N) is 1. The molecular formula is C13H15FN2O2. The van der Waals surface area contributed by atoms with Gasteiger partial charge >= 0.3 is 0 Å². The molecule has 2 aliphatic heterocycles. The van der Waals surface area contributed by atoms with E-state index in [0.29, 0.717) is 24.3 Å². The number of benzene rings is 1. The van der Waals surface area contributed by atoms with Gasteiger partial charge in [0.2, 0.25) is 5.91 Å². The van der Waals surface area contributed by atoms with Crippen LogP contribution in [0.4, 0.5) is 10.1 Å². The highest BCUT2D eigenvalue weighted by Gasteiger charge is 2.55. The Labute approximate surface area is 105 Å². The first kappa shape index (κ1) is 11.3. The number of hydrogen-bond acceptors (Lipinski definition) is 3. The maximum atomic E-state index is 15.1. The number of likely N-dealkylation sites (tertiary alicyclic amines) is 1. The number of amides is 1. The summed E-state index contributed by atoms with van der Waals surface area (Å²) in [4.78, 5) is 13.0. The third-order valence-electron chi connectivity index (χ3n) is 3.83. The molecule has 0 aromatic heterocycles. The van der Waals surface area contributed by atoms with Crippen LogP contribution in [-0.2, 0) is 10.5 Å². The minimum absolute atomic E-state index is 0.105. The van der Waals surface area contributed by atoms with E-state index in [1.807, 2.05) is 0 Å². The molecule has 3 rings (SSSR count). The molecule has 96 valence electrons. The Hall–Kier alpha value is -1.78. The van der Waals surface area contributed by atoms with Crippen molar-refractivity contribution in [3.8, 4) is 5.75 Å². The number of anilines is 1. The molecule has 0 saturated carbocycles. The topological polar surface area (TPSA) is 41.6 Å². The third kappa shape index (κ3) is 1.33. The first-order valence-electron chi connectivity index (χ1n) is 5.97. The third-order valence-corrected chi connectivity index (χ3v) is 3.83. The van der Waals surface area contributed by atoms with Crippen molar-refractivity contribution in [2.75, 3.05) is 19.0 Å². The summed E-state index contributed by atoms with van der Waals surface area (Å²) in [6.45, 7) is 1.91. The van der Waals surface area contributed by atoms with Crippen molar-refractivity contribution < 1.29 is 13.9 Å². The molecule has 4 nitrogen and oxygen atoms in total. The Morgan fingerprint density at radius 1 is 1.61 bits per heavy atom. The lowest BCUT2D eigenvalue weighted by atomic mass is 9.95. The van der Waals surface area contributed by atoms with Crippen molar-refractivity contribution >= 4 is 11.6 Å².